The molecule has 1 atom stereocenters. The Hall–Kier alpha value is -1.30. The van der Waals surface area contributed by atoms with Crippen molar-refractivity contribution in [2.45, 2.75) is 10.2 Å². The first-order chi connectivity index (χ1) is 6.46. The Morgan fingerprint density at radius 3 is 2.21 bits per heavy atom. The van der Waals surface area contributed by atoms with Crippen molar-refractivity contribution in [2.75, 3.05) is 0 Å². The van der Waals surface area contributed by atoms with Crippen molar-refractivity contribution >= 4 is 16.8 Å². The average Bonchev–Trinajstić information content (AvgIpc) is 2.17. The smallest absolute Gasteiger partial charge is 0.419 e. The molecule has 0 aliphatic carbocycles. The first kappa shape index (κ1) is 10.8. The van der Waals surface area contributed by atoms with Gasteiger partial charge in [0.1, 0.15) is 10.8 Å². The highest BCUT2D eigenvalue weighted by atomic mass is 32.2. The molecule has 0 aliphatic heterocycles. The number of aliphatic carboxylic acids is 1. The Bertz CT molecular complexity index is 364. The van der Waals surface area contributed by atoms with Gasteiger partial charge < -0.3 is 5.11 Å². The van der Waals surface area contributed by atoms with Gasteiger partial charge in [0, 0.05) is 4.90 Å². The van der Waals surface area contributed by atoms with Crippen LogP contribution in [0.3, 0.4) is 0 Å². The monoisotopic (exact) mass is 220 g/mol. The van der Waals surface area contributed by atoms with Crippen molar-refractivity contribution in [1.82, 2.24) is 0 Å². The Morgan fingerprint density at radius 1 is 1.29 bits per heavy atom. The summed E-state index contributed by atoms with van der Waals surface area (Å²) < 4.78 is 36.5. The fourth-order valence-corrected chi connectivity index (χ4v) is 1.63. The number of alkyl halides is 2. The zero-order valence-corrected chi connectivity index (χ0v) is 7.63. The lowest BCUT2D eigenvalue weighted by atomic mass is 10.4. The number of hydrogen-bond acceptors (Lipinski definition) is 2. The van der Waals surface area contributed by atoms with E-state index in [0.717, 1.165) is 0 Å². The number of carboxylic acid groups (broad SMARTS) is 1. The molecule has 1 rings (SSSR count). The topological polar surface area (TPSA) is 54.4 Å². The number of rotatable bonds is 3. The van der Waals surface area contributed by atoms with E-state index in [-0.39, 0.29) is 4.90 Å². The third-order valence-corrected chi connectivity index (χ3v) is 2.78. The minimum absolute atomic E-state index is 0.208. The van der Waals surface area contributed by atoms with Crippen molar-refractivity contribution in [1.29, 1.82) is 0 Å². The Labute approximate surface area is 80.8 Å². The number of halogens is 2. The molecule has 1 aromatic carbocycles. The molecule has 0 aromatic heterocycles. The fraction of sp³-hybridized carbons (Fsp3) is 0.125. The lowest BCUT2D eigenvalue weighted by molar-refractivity contribution is -0.153. The number of carbonyl (C=O) groups is 1. The summed E-state index contributed by atoms with van der Waals surface area (Å²) in [6, 6.07) is 6.75. The summed E-state index contributed by atoms with van der Waals surface area (Å²) in [5, 5.41) is 3.88. The molecule has 76 valence electrons. The summed E-state index contributed by atoms with van der Waals surface area (Å²) in [5.74, 6) is -2.39. The zero-order valence-electron chi connectivity index (χ0n) is 6.81. The van der Waals surface area contributed by atoms with Crippen LogP contribution in [0.1, 0.15) is 0 Å². The number of carboxylic acids is 1. The van der Waals surface area contributed by atoms with Gasteiger partial charge in [-0.3, -0.25) is 0 Å². The van der Waals surface area contributed by atoms with Gasteiger partial charge in [0.25, 0.3) is 0 Å². The van der Waals surface area contributed by atoms with Crippen molar-refractivity contribution < 1.29 is 22.9 Å². The van der Waals surface area contributed by atoms with Gasteiger partial charge >= 0.3 is 11.2 Å². The van der Waals surface area contributed by atoms with E-state index >= 15 is 0 Å². The van der Waals surface area contributed by atoms with Crippen LogP contribution in [0.2, 0.25) is 0 Å². The first-order valence-corrected chi connectivity index (χ1v) is 4.69. The molecule has 3 nitrogen and oxygen atoms in total. The average molecular weight is 220 g/mol. The molecule has 0 saturated carbocycles. The summed E-state index contributed by atoms with van der Waals surface area (Å²) in [7, 11) is -2.86. The van der Waals surface area contributed by atoms with Crippen LogP contribution in [0.15, 0.2) is 35.2 Å². The second-order valence-electron chi connectivity index (χ2n) is 2.40. The van der Waals surface area contributed by atoms with E-state index in [4.69, 9.17) is 5.11 Å². The summed E-state index contributed by atoms with van der Waals surface area (Å²) in [6.45, 7) is 0. The van der Waals surface area contributed by atoms with E-state index in [2.05, 4.69) is 0 Å². The first-order valence-electron chi connectivity index (χ1n) is 3.54. The van der Waals surface area contributed by atoms with Crippen molar-refractivity contribution in [3.8, 4) is 0 Å². The summed E-state index contributed by atoms with van der Waals surface area (Å²) in [6.07, 6.45) is 0. The summed E-state index contributed by atoms with van der Waals surface area (Å²) >= 11 is 0. The molecule has 1 N–H and O–H groups in total. The van der Waals surface area contributed by atoms with E-state index in [1.54, 1.807) is 6.07 Å². The van der Waals surface area contributed by atoms with Gasteiger partial charge in [-0.2, -0.15) is 8.78 Å². The quantitative estimate of drug-likeness (QED) is 0.839. The van der Waals surface area contributed by atoms with E-state index in [1.807, 2.05) is 0 Å². The minimum atomic E-state index is -4.25. The molecule has 0 radical (unpaired) electrons. The van der Waals surface area contributed by atoms with E-state index in [0.29, 0.717) is 0 Å². The molecule has 0 unspecified atom stereocenters. The number of benzene rings is 1. The summed E-state index contributed by atoms with van der Waals surface area (Å²) in [5.41, 5.74) is 0. The maximum atomic E-state index is 12.7. The van der Waals surface area contributed by atoms with Crippen LogP contribution < -0.4 is 0 Å². The van der Waals surface area contributed by atoms with Gasteiger partial charge in [-0.1, -0.05) is 18.2 Å². The van der Waals surface area contributed by atoms with Crippen LogP contribution >= 0.6 is 0 Å². The molecular formula is C8H6F2O3S. The van der Waals surface area contributed by atoms with Crippen LogP contribution in [-0.4, -0.2) is 20.5 Å². The Balaban J connectivity index is 3.03. The third-order valence-electron chi connectivity index (χ3n) is 1.44. The van der Waals surface area contributed by atoms with Crippen molar-refractivity contribution in [2.24, 2.45) is 0 Å². The highest BCUT2D eigenvalue weighted by molar-refractivity contribution is 7.87. The van der Waals surface area contributed by atoms with Gasteiger partial charge in [0.05, 0.1) is 0 Å². The Kier molecular flexibility index (Phi) is 2.95. The largest absolute Gasteiger partial charge is 0.476 e. The molecule has 0 bridgehead atoms. The van der Waals surface area contributed by atoms with Gasteiger partial charge in [-0.15, -0.1) is 0 Å². The van der Waals surface area contributed by atoms with Crippen LogP contribution in [0, 0.1) is 0 Å². The molecule has 0 saturated heterocycles. The van der Waals surface area contributed by atoms with Gasteiger partial charge in [-0.25, -0.2) is 9.00 Å². The molecule has 0 aliphatic rings. The lowest BCUT2D eigenvalue weighted by Crippen LogP contribution is -2.33. The predicted octanol–water partition coefficient (Wildman–Crippen LogP) is 1.47. The standard InChI is InChI=1S/C8H6F2O3S/c9-8(10,7(11)12)14(13)6-4-2-1-3-5-6/h1-5H,(H,11,12)/t14-/m1/s1. The zero-order chi connectivity index (χ0) is 10.8. The minimum Gasteiger partial charge on any atom is -0.476 e. The Morgan fingerprint density at radius 2 is 1.79 bits per heavy atom. The molecule has 0 heterocycles. The molecule has 0 spiro atoms. The molecule has 0 fully saturated rings. The molecule has 6 heteroatoms. The van der Waals surface area contributed by atoms with Crippen LogP contribution in [0.4, 0.5) is 8.78 Å². The van der Waals surface area contributed by atoms with Crippen molar-refractivity contribution in [3.05, 3.63) is 30.3 Å². The van der Waals surface area contributed by atoms with Crippen LogP contribution in [-0.2, 0) is 15.6 Å². The van der Waals surface area contributed by atoms with Gasteiger partial charge in [-0.05, 0) is 12.1 Å². The molecule has 1 aromatic rings. The van der Waals surface area contributed by atoms with Gasteiger partial charge in [0.15, 0.2) is 0 Å². The summed E-state index contributed by atoms with van der Waals surface area (Å²) in [4.78, 5) is 9.88. The van der Waals surface area contributed by atoms with Gasteiger partial charge in [0.2, 0.25) is 0 Å². The van der Waals surface area contributed by atoms with Crippen LogP contribution in [0.5, 0.6) is 0 Å². The molecule has 0 amide bonds. The fourth-order valence-electron chi connectivity index (χ4n) is 0.771. The SMILES string of the molecule is O=C(O)C(F)(F)[S@](=O)c1ccccc1. The predicted molar refractivity (Wildman–Crippen MR) is 45.4 cm³/mol. The second-order valence-corrected chi connectivity index (χ2v) is 3.93. The van der Waals surface area contributed by atoms with Crippen LogP contribution in [0.25, 0.3) is 0 Å². The maximum Gasteiger partial charge on any atom is 0.419 e. The van der Waals surface area contributed by atoms with E-state index < -0.39 is 22.0 Å². The molecule has 14 heavy (non-hydrogen) atoms. The highest BCUT2D eigenvalue weighted by Gasteiger charge is 2.46. The van der Waals surface area contributed by atoms with Crippen molar-refractivity contribution in [3.63, 3.8) is 0 Å². The second kappa shape index (κ2) is 3.83. The third kappa shape index (κ3) is 1.95. The number of hydrogen-bond donors (Lipinski definition) is 1. The highest BCUT2D eigenvalue weighted by Crippen LogP contribution is 2.24. The normalized spacial score (nSPS) is 13.6. The molecular weight excluding hydrogens is 214 g/mol. The lowest BCUT2D eigenvalue weighted by Gasteiger charge is -2.09. The maximum absolute atomic E-state index is 12.7. The van der Waals surface area contributed by atoms with E-state index in [9.17, 15) is 17.8 Å². The van der Waals surface area contributed by atoms with E-state index in [1.165, 1.54) is 24.3 Å².